The van der Waals surface area contributed by atoms with Gasteiger partial charge in [-0.2, -0.15) is 5.10 Å². The molecule has 1 atom stereocenters. The molecule has 2 fully saturated rings. The predicted octanol–water partition coefficient (Wildman–Crippen LogP) is 3.71. The third-order valence-corrected chi connectivity index (χ3v) is 8.26. The summed E-state index contributed by atoms with van der Waals surface area (Å²) < 4.78 is 7.96. The number of piperidine rings is 2. The number of nitrogens with one attached hydrogen (secondary N) is 2. The van der Waals surface area contributed by atoms with Crippen LogP contribution in [0.25, 0.3) is 22.3 Å². The molecule has 4 N–H and O–H groups in total. The number of carbonyl (C=O) groups excluding carboxylic acids is 2. The Kier molecular flexibility index (Phi) is 7.74. The lowest BCUT2D eigenvalue weighted by Gasteiger charge is -2.32. The number of amides is 2. The number of fused-ring (bicyclic) bond motifs is 1. The molecule has 2 aliphatic rings. The van der Waals surface area contributed by atoms with Gasteiger partial charge in [0.25, 0.3) is 0 Å². The zero-order valence-electron chi connectivity index (χ0n) is 24.5. The molecule has 0 radical (unpaired) electrons. The summed E-state index contributed by atoms with van der Waals surface area (Å²) in [5, 5.41) is 11.4. The fourth-order valence-corrected chi connectivity index (χ4v) is 5.92. The van der Waals surface area contributed by atoms with Crippen molar-refractivity contribution in [2.45, 2.75) is 44.3 Å². The van der Waals surface area contributed by atoms with Gasteiger partial charge in [0.1, 0.15) is 47.5 Å². The molecular weight excluding hydrogens is 572 g/mol. The first kappa shape index (κ1) is 28.3. The number of carbonyl (C=O) groups is 2. The molecule has 3 aromatic heterocycles. The highest BCUT2D eigenvalue weighted by Gasteiger charge is 2.29. The van der Waals surface area contributed by atoms with Gasteiger partial charge in [-0.1, -0.05) is 18.2 Å². The highest BCUT2D eigenvalue weighted by molar-refractivity contribution is 6.01. The van der Waals surface area contributed by atoms with E-state index in [9.17, 15) is 9.59 Å². The first-order valence-electron chi connectivity index (χ1n) is 15.0. The third-order valence-electron chi connectivity index (χ3n) is 8.26. The minimum absolute atomic E-state index is 0.126. The van der Waals surface area contributed by atoms with Gasteiger partial charge in [-0.05, 0) is 55.7 Å². The molecule has 13 heteroatoms. The van der Waals surface area contributed by atoms with Gasteiger partial charge in [0.2, 0.25) is 11.8 Å². The lowest BCUT2D eigenvalue weighted by atomic mass is 10.0. The number of aromatic nitrogens is 6. The Bertz CT molecular complexity index is 1840. The second kappa shape index (κ2) is 12.3. The van der Waals surface area contributed by atoms with Crippen molar-refractivity contribution in [1.82, 2.24) is 39.9 Å². The normalized spacial score (nSPS) is 17.7. The summed E-state index contributed by atoms with van der Waals surface area (Å²) in [6, 6.07) is 17.1. The maximum Gasteiger partial charge on any atom is 0.249 e. The summed E-state index contributed by atoms with van der Waals surface area (Å²) >= 11 is 0. The number of likely N-dealkylation sites (tertiary alicyclic amines) is 1. The van der Waals surface area contributed by atoms with E-state index in [1.54, 1.807) is 6.20 Å². The van der Waals surface area contributed by atoms with Crippen molar-refractivity contribution in [1.29, 1.82) is 0 Å². The predicted molar refractivity (Wildman–Crippen MR) is 167 cm³/mol. The van der Waals surface area contributed by atoms with Crippen molar-refractivity contribution in [3.8, 4) is 22.8 Å². The van der Waals surface area contributed by atoms with Gasteiger partial charge in [0.05, 0.1) is 11.4 Å². The lowest BCUT2D eigenvalue weighted by molar-refractivity contribution is -0.133. The van der Waals surface area contributed by atoms with E-state index in [1.165, 1.54) is 12.7 Å². The van der Waals surface area contributed by atoms with Gasteiger partial charge in [-0.15, -0.1) is 0 Å². The van der Waals surface area contributed by atoms with Crippen LogP contribution in [0.1, 0.15) is 37.3 Å². The van der Waals surface area contributed by atoms with Crippen LogP contribution in [0.2, 0.25) is 0 Å². The van der Waals surface area contributed by atoms with E-state index in [1.807, 2.05) is 59.3 Å². The lowest BCUT2D eigenvalue weighted by Crippen LogP contribution is -2.47. The quantitative estimate of drug-likeness (QED) is 0.221. The van der Waals surface area contributed by atoms with Crippen LogP contribution in [-0.4, -0.2) is 65.6 Å². The average Bonchev–Trinajstić information content (AvgIpc) is 3.45. The Morgan fingerprint density at radius 2 is 1.71 bits per heavy atom. The molecule has 2 saturated heterocycles. The van der Waals surface area contributed by atoms with Crippen LogP contribution in [0.15, 0.2) is 73.4 Å². The summed E-state index contributed by atoms with van der Waals surface area (Å²) in [6.45, 7) is 2.27. The standard InChI is InChI=1S/C32H32N10O3/c33-29-27-28(20-6-8-24(9-7-20)45-23-4-2-1-3-5-23)40-42(31(27)37-19-35-29)22-12-14-41(15-13-22)17-21-16-34-18-36-30(21)38-25-10-11-26(43)39-32(25)44/h1-9,16,18-19,22,25H,10-15,17H2,(H2,33,35,37)(H,34,36,38)(H,39,43,44). The highest BCUT2D eigenvalue weighted by Crippen LogP contribution is 2.35. The van der Waals surface area contributed by atoms with Gasteiger partial charge in [-0.3, -0.25) is 19.8 Å². The Morgan fingerprint density at radius 3 is 2.49 bits per heavy atom. The number of anilines is 2. The van der Waals surface area contributed by atoms with Gasteiger partial charge in [0.15, 0.2) is 5.65 Å². The van der Waals surface area contributed by atoms with Crippen LogP contribution in [0.5, 0.6) is 11.5 Å². The Hall–Kier alpha value is -5.43. The second-order valence-corrected chi connectivity index (χ2v) is 11.2. The summed E-state index contributed by atoms with van der Waals surface area (Å²) in [6.07, 6.45) is 7.15. The van der Waals surface area contributed by atoms with E-state index in [-0.39, 0.29) is 17.9 Å². The molecule has 228 valence electrons. The number of benzene rings is 2. The van der Waals surface area contributed by atoms with Crippen LogP contribution in [0.3, 0.4) is 0 Å². The molecule has 1 unspecified atom stereocenters. The number of rotatable bonds is 8. The molecule has 5 heterocycles. The summed E-state index contributed by atoms with van der Waals surface area (Å²) in [5.74, 6) is 1.92. The van der Waals surface area contributed by atoms with E-state index in [0.29, 0.717) is 36.7 Å². The minimum Gasteiger partial charge on any atom is -0.457 e. The fraction of sp³-hybridized carbons (Fsp3) is 0.281. The van der Waals surface area contributed by atoms with E-state index in [4.69, 9.17) is 15.6 Å². The van der Waals surface area contributed by atoms with Gasteiger partial charge in [-0.25, -0.2) is 24.6 Å². The minimum atomic E-state index is -0.508. The highest BCUT2D eigenvalue weighted by atomic mass is 16.5. The van der Waals surface area contributed by atoms with Crippen LogP contribution >= 0.6 is 0 Å². The first-order valence-corrected chi connectivity index (χ1v) is 15.0. The van der Waals surface area contributed by atoms with Gasteiger partial charge in [0, 0.05) is 43.4 Å². The Balaban J connectivity index is 1.06. The summed E-state index contributed by atoms with van der Waals surface area (Å²) in [7, 11) is 0. The molecule has 0 bridgehead atoms. The van der Waals surface area contributed by atoms with Crippen LogP contribution in [0, 0.1) is 0 Å². The molecule has 13 nitrogen and oxygen atoms in total. The number of nitrogen functional groups attached to an aromatic ring is 1. The molecule has 2 amide bonds. The number of nitrogens with zero attached hydrogens (tertiary/aromatic N) is 7. The first-order chi connectivity index (χ1) is 22.0. The number of imide groups is 1. The number of hydrogen-bond donors (Lipinski definition) is 3. The van der Waals surface area contributed by atoms with Crippen molar-refractivity contribution in [2.75, 3.05) is 24.1 Å². The molecule has 45 heavy (non-hydrogen) atoms. The fourth-order valence-electron chi connectivity index (χ4n) is 5.92. The van der Waals surface area contributed by atoms with Gasteiger partial charge >= 0.3 is 0 Å². The van der Waals surface area contributed by atoms with Crippen LogP contribution in [0.4, 0.5) is 11.6 Å². The molecule has 2 aromatic carbocycles. The molecule has 0 saturated carbocycles. The molecule has 0 aliphatic carbocycles. The topological polar surface area (TPSA) is 166 Å². The smallest absolute Gasteiger partial charge is 0.249 e. The monoisotopic (exact) mass is 604 g/mol. The second-order valence-electron chi connectivity index (χ2n) is 11.2. The van der Waals surface area contributed by atoms with Crippen molar-refractivity contribution in [3.63, 3.8) is 0 Å². The van der Waals surface area contributed by atoms with Crippen molar-refractivity contribution >= 4 is 34.5 Å². The van der Waals surface area contributed by atoms with Crippen LogP contribution in [-0.2, 0) is 16.1 Å². The summed E-state index contributed by atoms with van der Waals surface area (Å²) in [5.41, 5.74) is 9.63. The number of hydrogen-bond acceptors (Lipinski definition) is 11. The maximum atomic E-state index is 12.3. The number of para-hydroxylation sites is 1. The zero-order valence-corrected chi connectivity index (χ0v) is 24.5. The average molecular weight is 605 g/mol. The van der Waals surface area contributed by atoms with Crippen LogP contribution < -0.4 is 21.1 Å². The van der Waals surface area contributed by atoms with Gasteiger partial charge < -0.3 is 15.8 Å². The largest absolute Gasteiger partial charge is 0.457 e. The van der Waals surface area contributed by atoms with E-state index < -0.39 is 6.04 Å². The Morgan fingerprint density at radius 1 is 0.933 bits per heavy atom. The summed E-state index contributed by atoms with van der Waals surface area (Å²) in [4.78, 5) is 43.6. The van der Waals surface area contributed by atoms with E-state index >= 15 is 0 Å². The maximum absolute atomic E-state index is 12.3. The van der Waals surface area contributed by atoms with E-state index in [0.717, 1.165) is 59.6 Å². The SMILES string of the molecule is Nc1ncnc2c1c(-c1ccc(Oc3ccccc3)cc1)nn2C1CCN(Cc2cncnc2NC2CCC(=O)NC2=O)CC1. The molecule has 7 rings (SSSR count). The molecule has 5 aromatic rings. The van der Waals surface area contributed by atoms with Crippen molar-refractivity contribution in [3.05, 3.63) is 79.0 Å². The number of nitrogens with two attached hydrogens (primary N) is 1. The molecular formula is C32H32N10O3. The van der Waals surface area contributed by atoms with E-state index in [2.05, 4.69) is 35.5 Å². The molecule has 0 spiro atoms. The third kappa shape index (κ3) is 6.02. The van der Waals surface area contributed by atoms with Crippen molar-refractivity contribution in [2.24, 2.45) is 0 Å². The molecule has 2 aliphatic heterocycles. The number of ether oxygens (including phenoxy) is 1. The Labute approximate surface area is 258 Å². The zero-order chi connectivity index (χ0) is 30.8. The van der Waals surface area contributed by atoms with Crippen molar-refractivity contribution < 1.29 is 14.3 Å².